The lowest BCUT2D eigenvalue weighted by molar-refractivity contribution is 0.208. The van der Waals surface area contributed by atoms with Crippen molar-refractivity contribution in [1.29, 1.82) is 0 Å². The third-order valence-corrected chi connectivity index (χ3v) is 5.95. The van der Waals surface area contributed by atoms with Crippen LogP contribution in [0, 0.1) is 0 Å². The van der Waals surface area contributed by atoms with Gasteiger partial charge in [-0.25, -0.2) is 4.79 Å². The number of amides is 2. The van der Waals surface area contributed by atoms with E-state index in [9.17, 15) is 4.79 Å². The van der Waals surface area contributed by atoms with E-state index in [1.807, 2.05) is 59.5 Å². The highest BCUT2D eigenvalue weighted by atomic mass is 16.5. The van der Waals surface area contributed by atoms with Gasteiger partial charge >= 0.3 is 6.03 Å². The molecular formula is C26H25N5O2. The molecular weight excluding hydrogens is 414 g/mol. The van der Waals surface area contributed by atoms with Crippen molar-refractivity contribution >= 4 is 28.3 Å². The van der Waals surface area contributed by atoms with Crippen molar-refractivity contribution in [3.8, 4) is 17.0 Å². The Morgan fingerprint density at radius 1 is 0.848 bits per heavy atom. The molecule has 4 aromatic rings. The van der Waals surface area contributed by atoms with E-state index in [4.69, 9.17) is 4.74 Å². The summed E-state index contributed by atoms with van der Waals surface area (Å²) in [5.41, 5.74) is 2.68. The van der Waals surface area contributed by atoms with E-state index in [2.05, 4.69) is 44.7 Å². The molecule has 1 aliphatic heterocycles. The summed E-state index contributed by atoms with van der Waals surface area (Å²) in [7, 11) is 1.62. The molecule has 0 unspecified atom stereocenters. The van der Waals surface area contributed by atoms with Crippen molar-refractivity contribution in [2.75, 3.05) is 43.5 Å². The third kappa shape index (κ3) is 4.43. The SMILES string of the molecule is COc1ccc(NC(=O)N2CCN(c3ccc(-c4cccc5ccccc45)nn3)CC2)cc1. The van der Waals surface area contributed by atoms with Crippen molar-refractivity contribution in [2.45, 2.75) is 0 Å². The van der Waals surface area contributed by atoms with Crippen molar-refractivity contribution in [2.24, 2.45) is 0 Å². The third-order valence-electron chi connectivity index (χ3n) is 5.95. The Bertz CT molecular complexity index is 1240. The zero-order valence-corrected chi connectivity index (χ0v) is 18.4. The Morgan fingerprint density at radius 2 is 1.61 bits per heavy atom. The maximum Gasteiger partial charge on any atom is 0.321 e. The number of nitrogens with zero attached hydrogens (tertiary/aromatic N) is 4. The molecule has 0 aliphatic carbocycles. The molecule has 166 valence electrons. The van der Waals surface area contributed by atoms with E-state index >= 15 is 0 Å². The van der Waals surface area contributed by atoms with Gasteiger partial charge in [0.15, 0.2) is 5.82 Å². The van der Waals surface area contributed by atoms with Crippen LogP contribution in [0.2, 0.25) is 0 Å². The van der Waals surface area contributed by atoms with Crippen LogP contribution in [0.4, 0.5) is 16.3 Å². The lowest BCUT2D eigenvalue weighted by Crippen LogP contribution is -2.50. The Kier molecular flexibility index (Phi) is 5.76. The predicted octanol–water partition coefficient (Wildman–Crippen LogP) is 4.66. The summed E-state index contributed by atoms with van der Waals surface area (Å²) in [5.74, 6) is 1.59. The van der Waals surface area contributed by atoms with E-state index in [1.165, 1.54) is 10.8 Å². The average molecular weight is 440 g/mol. The second-order valence-corrected chi connectivity index (χ2v) is 7.94. The number of nitrogens with one attached hydrogen (secondary N) is 1. The largest absolute Gasteiger partial charge is 0.497 e. The minimum absolute atomic E-state index is 0.0998. The number of hydrogen-bond acceptors (Lipinski definition) is 5. The van der Waals surface area contributed by atoms with E-state index in [0.29, 0.717) is 26.2 Å². The number of carbonyl (C=O) groups is 1. The molecule has 0 atom stereocenters. The smallest absolute Gasteiger partial charge is 0.321 e. The molecule has 33 heavy (non-hydrogen) atoms. The number of piperazine rings is 1. The Morgan fingerprint density at radius 3 is 2.33 bits per heavy atom. The summed E-state index contributed by atoms with van der Waals surface area (Å²) in [6.45, 7) is 2.65. The topological polar surface area (TPSA) is 70.6 Å². The average Bonchev–Trinajstić information content (AvgIpc) is 2.89. The zero-order chi connectivity index (χ0) is 22.6. The van der Waals surface area contributed by atoms with Gasteiger partial charge in [-0.3, -0.25) is 0 Å². The Labute approximate surface area is 192 Å². The first-order valence-electron chi connectivity index (χ1n) is 11.0. The molecule has 1 aliphatic rings. The number of urea groups is 1. The minimum Gasteiger partial charge on any atom is -0.497 e. The van der Waals surface area contributed by atoms with Crippen LogP contribution >= 0.6 is 0 Å². The van der Waals surface area contributed by atoms with Gasteiger partial charge in [-0.2, -0.15) is 0 Å². The first-order chi connectivity index (χ1) is 16.2. The molecule has 7 nitrogen and oxygen atoms in total. The van der Waals surface area contributed by atoms with Crippen LogP contribution in [-0.4, -0.2) is 54.4 Å². The molecule has 2 heterocycles. The Hall–Kier alpha value is -4.13. The van der Waals surface area contributed by atoms with Crippen molar-refractivity contribution < 1.29 is 9.53 Å². The number of ether oxygens (including phenoxy) is 1. The van der Waals surface area contributed by atoms with Gasteiger partial charge in [-0.1, -0.05) is 42.5 Å². The van der Waals surface area contributed by atoms with Crippen LogP contribution in [0.15, 0.2) is 78.9 Å². The molecule has 0 spiro atoms. The summed E-state index contributed by atoms with van der Waals surface area (Å²) in [4.78, 5) is 16.6. The second-order valence-electron chi connectivity index (χ2n) is 7.94. The lowest BCUT2D eigenvalue weighted by atomic mass is 10.0. The molecule has 2 amide bonds. The summed E-state index contributed by atoms with van der Waals surface area (Å²) in [5, 5.41) is 14.3. The van der Waals surface area contributed by atoms with Gasteiger partial charge in [-0.05, 0) is 47.2 Å². The fraction of sp³-hybridized carbons (Fsp3) is 0.192. The van der Waals surface area contributed by atoms with Gasteiger partial charge in [0.25, 0.3) is 0 Å². The van der Waals surface area contributed by atoms with Crippen molar-refractivity contribution in [3.05, 3.63) is 78.9 Å². The number of methoxy groups -OCH3 is 1. The van der Waals surface area contributed by atoms with E-state index in [1.54, 1.807) is 7.11 Å². The monoisotopic (exact) mass is 439 g/mol. The van der Waals surface area contributed by atoms with Gasteiger partial charge in [0.1, 0.15) is 5.75 Å². The number of fused-ring (bicyclic) bond motifs is 1. The molecule has 1 N–H and O–H groups in total. The Balaban J connectivity index is 1.21. The minimum atomic E-state index is -0.0998. The number of hydrogen-bond donors (Lipinski definition) is 1. The second kappa shape index (κ2) is 9.16. The maximum absolute atomic E-state index is 12.6. The molecule has 1 saturated heterocycles. The number of benzene rings is 3. The molecule has 1 fully saturated rings. The van der Waals surface area contributed by atoms with Crippen LogP contribution in [-0.2, 0) is 0 Å². The summed E-state index contributed by atoms with van der Waals surface area (Å²) >= 11 is 0. The number of carbonyl (C=O) groups excluding carboxylic acids is 1. The van der Waals surface area contributed by atoms with E-state index in [0.717, 1.165) is 28.5 Å². The zero-order valence-electron chi connectivity index (χ0n) is 18.4. The molecule has 3 aromatic carbocycles. The molecule has 0 saturated carbocycles. The standard InChI is InChI=1S/C26H25N5O2/c1-33-21-11-9-20(10-12-21)27-26(32)31-17-15-30(16-18-31)25-14-13-24(28-29-25)23-8-4-6-19-5-2-3-7-22(19)23/h2-14H,15-18H2,1H3,(H,27,32). The molecule has 7 heteroatoms. The van der Waals surface area contributed by atoms with Crippen LogP contribution < -0.4 is 15.0 Å². The lowest BCUT2D eigenvalue weighted by Gasteiger charge is -2.35. The summed E-state index contributed by atoms with van der Waals surface area (Å²) < 4.78 is 5.16. The van der Waals surface area contributed by atoms with Crippen LogP contribution in [0.3, 0.4) is 0 Å². The maximum atomic E-state index is 12.6. The van der Waals surface area contributed by atoms with E-state index in [-0.39, 0.29) is 6.03 Å². The fourth-order valence-corrected chi connectivity index (χ4v) is 4.10. The normalized spacial score (nSPS) is 13.7. The number of aromatic nitrogens is 2. The highest BCUT2D eigenvalue weighted by Gasteiger charge is 2.22. The first-order valence-corrected chi connectivity index (χ1v) is 11.0. The molecule has 5 rings (SSSR count). The quantitative estimate of drug-likeness (QED) is 0.501. The van der Waals surface area contributed by atoms with Gasteiger partial charge in [0.05, 0.1) is 12.8 Å². The van der Waals surface area contributed by atoms with Crippen LogP contribution in [0.25, 0.3) is 22.0 Å². The summed E-state index contributed by atoms with van der Waals surface area (Å²) in [6, 6.07) is 25.8. The first kappa shape index (κ1) is 20.8. The molecule has 0 radical (unpaired) electrons. The molecule has 0 bridgehead atoms. The van der Waals surface area contributed by atoms with Crippen LogP contribution in [0.5, 0.6) is 5.75 Å². The highest BCUT2D eigenvalue weighted by Crippen LogP contribution is 2.27. The van der Waals surface area contributed by atoms with E-state index < -0.39 is 0 Å². The predicted molar refractivity (Wildman–Crippen MR) is 131 cm³/mol. The van der Waals surface area contributed by atoms with Crippen LogP contribution in [0.1, 0.15) is 0 Å². The van der Waals surface area contributed by atoms with Gasteiger partial charge in [-0.15, -0.1) is 10.2 Å². The van der Waals surface area contributed by atoms with Gasteiger partial charge < -0.3 is 19.9 Å². The fourth-order valence-electron chi connectivity index (χ4n) is 4.10. The van der Waals surface area contributed by atoms with Crippen molar-refractivity contribution in [3.63, 3.8) is 0 Å². The van der Waals surface area contributed by atoms with Gasteiger partial charge in [0, 0.05) is 37.4 Å². The summed E-state index contributed by atoms with van der Waals surface area (Å²) in [6.07, 6.45) is 0. The van der Waals surface area contributed by atoms with Crippen molar-refractivity contribution in [1.82, 2.24) is 15.1 Å². The molecule has 1 aromatic heterocycles. The van der Waals surface area contributed by atoms with Gasteiger partial charge in [0.2, 0.25) is 0 Å². The number of anilines is 2. The highest BCUT2D eigenvalue weighted by molar-refractivity contribution is 5.95. The number of rotatable bonds is 4.